The number of hydrogen-bond donors (Lipinski definition) is 0. The molecule has 1 aliphatic heterocycles. The summed E-state index contributed by atoms with van der Waals surface area (Å²) in [5, 5.41) is 0. The van der Waals surface area contributed by atoms with Crippen molar-refractivity contribution in [3.63, 3.8) is 0 Å². The fraction of sp³-hybridized carbons (Fsp3) is 1.00. The summed E-state index contributed by atoms with van der Waals surface area (Å²) in [6.07, 6.45) is 9.39. The van der Waals surface area contributed by atoms with Crippen LogP contribution in [0.1, 0.15) is 44.9 Å². The van der Waals surface area contributed by atoms with Gasteiger partial charge >= 0.3 is 0 Å². The zero-order chi connectivity index (χ0) is 10.6. The van der Waals surface area contributed by atoms with Gasteiger partial charge in [-0.15, -0.1) is 0 Å². The second kappa shape index (κ2) is 5.82. The van der Waals surface area contributed by atoms with Crippen LogP contribution < -0.4 is 0 Å². The number of halogens is 1. The Morgan fingerprint density at radius 1 is 1.13 bits per heavy atom. The van der Waals surface area contributed by atoms with Crippen molar-refractivity contribution in [3.05, 3.63) is 0 Å². The minimum absolute atomic E-state index is 0.140. The van der Waals surface area contributed by atoms with E-state index in [9.17, 15) is 0 Å². The van der Waals surface area contributed by atoms with E-state index < -0.39 is 0 Å². The Labute approximate surface area is 106 Å². The molecule has 1 aliphatic carbocycles. The molecule has 2 rings (SSSR count). The Morgan fingerprint density at radius 2 is 1.80 bits per heavy atom. The molecule has 0 amide bonds. The largest absolute Gasteiger partial charge is 0.381 e. The van der Waals surface area contributed by atoms with E-state index in [0.29, 0.717) is 6.10 Å². The fourth-order valence-corrected chi connectivity index (χ4v) is 3.51. The summed E-state index contributed by atoms with van der Waals surface area (Å²) in [4.78, 5) is 0. The lowest BCUT2D eigenvalue weighted by Gasteiger charge is -2.39. The smallest absolute Gasteiger partial charge is 0.0819 e. The van der Waals surface area contributed by atoms with Crippen LogP contribution in [0.2, 0.25) is 0 Å². The van der Waals surface area contributed by atoms with Gasteiger partial charge in [0.05, 0.1) is 11.7 Å². The molecule has 1 saturated heterocycles. The quantitative estimate of drug-likeness (QED) is 0.586. The highest BCUT2D eigenvalue weighted by molar-refractivity contribution is 14.1. The first kappa shape index (κ1) is 12.1. The first-order valence-electron chi connectivity index (χ1n) is 6.16. The van der Waals surface area contributed by atoms with Crippen LogP contribution in [0.5, 0.6) is 0 Å². The zero-order valence-electron chi connectivity index (χ0n) is 9.34. The Hall–Kier alpha value is 0.650. The van der Waals surface area contributed by atoms with Crippen LogP contribution in [-0.2, 0) is 9.47 Å². The molecule has 0 N–H and O–H groups in total. The summed E-state index contributed by atoms with van der Waals surface area (Å²) >= 11 is 2.48. The van der Waals surface area contributed by atoms with Gasteiger partial charge < -0.3 is 9.47 Å². The first-order valence-corrected chi connectivity index (χ1v) is 7.69. The third-order valence-electron chi connectivity index (χ3n) is 3.62. The van der Waals surface area contributed by atoms with E-state index in [0.717, 1.165) is 30.5 Å². The zero-order valence-corrected chi connectivity index (χ0v) is 11.5. The molecule has 2 aliphatic rings. The van der Waals surface area contributed by atoms with Crippen molar-refractivity contribution >= 4 is 22.6 Å². The van der Waals surface area contributed by atoms with Gasteiger partial charge in [-0.25, -0.2) is 0 Å². The summed E-state index contributed by atoms with van der Waals surface area (Å²) in [6.45, 7) is 1.77. The van der Waals surface area contributed by atoms with Crippen molar-refractivity contribution in [1.29, 1.82) is 0 Å². The lowest BCUT2D eigenvalue weighted by atomic mass is 9.93. The third kappa shape index (κ3) is 3.30. The average molecular weight is 324 g/mol. The van der Waals surface area contributed by atoms with Gasteiger partial charge in [0, 0.05) is 30.5 Å². The fourth-order valence-electron chi connectivity index (χ4n) is 2.56. The maximum Gasteiger partial charge on any atom is 0.0819 e. The molecule has 2 fully saturated rings. The van der Waals surface area contributed by atoms with Crippen molar-refractivity contribution in [1.82, 2.24) is 0 Å². The van der Waals surface area contributed by atoms with Gasteiger partial charge in [0.1, 0.15) is 0 Å². The summed E-state index contributed by atoms with van der Waals surface area (Å²) in [6, 6.07) is 0. The molecule has 0 unspecified atom stereocenters. The van der Waals surface area contributed by atoms with Crippen LogP contribution in [-0.4, -0.2) is 29.3 Å². The van der Waals surface area contributed by atoms with E-state index in [2.05, 4.69) is 22.6 Å². The summed E-state index contributed by atoms with van der Waals surface area (Å²) in [5.74, 6) is 0. The van der Waals surface area contributed by atoms with Crippen molar-refractivity contribution in [3.8, 4) is 0 Å². The highest BCUT2D eigenvalue weighted by Crippen LogP contribution is 2.32. The van der Waals surface area contributed by atoms with Crippen LogP contribution in [0.3, 0.4) is 0 Å². The van der Waals surface area contributed by atoms with Crippen LogP contribution in [0, 0.1) is 0 Å². The van der Waals surface area contributed by atoms with E-state index in [1.807, 2.05) is 0 Å². The minimum Gasteiger partial charge on any atom is -0.381 e. The van der Waals surface area contributed by atoms with E-state index in [-0.39, 0.29) is 5.60 Å². The number of alkyl halides is 1. The third-order valence-corrected chi connectivity index (χ3v) is 5.01. The van der Waals surface area contributed by atoms with Gasteiger partial charge in [0.2, 0.25) is 0 Å². The molecular formula is C12H21IO2. The molecule has 0 radical (unpaired) electrons. The molecule has 1 heterocycles. The van der Waals surface area contributed by atoms with Crippen LogP contribution >= 0.6 is 22.6 Å². The van der Waals surface area contributed by atoms with E-state index in [1.165, 1.54) is 32.1 Å². The summed E-state index contributed by atoms with van der Waals surface area (Å²) < 4.78 is 12.9. The van der Waals surface area contributed by atoms with E-state index >= 15 is 0 Å². The molecule has 0 aromatic heterocycles. The Kier molecular flexibility index (Phi) is 4.70. The van der Waals surface area contributed by atoms with Gasteiger partial charge in [-0.1, -0.05) is 41.9 Å². The highest BCUT2D eigenvalue weighted by Gasteiger charge is 2.35. The van der Waals surface area contributed by atoms with Crippen molar-refractivity contribution in [2.24, 2.45) is 0 Å². The Bertz CT molecular complexity index is 184. The SMILES string of the molecule is ICC1(OC2CCCCC2)CCOCC1. The molecule has 1 saturated carbocycles. The monoisotopic (exact) mass is 324 g/mol. The minimum atomic E-state index is 0.140. The second-order valence-electron chi connectivity index (χ2n) is 4.81. The molecule has 0 bridgehead atoms. The molecular weight excluding hydrogens is 303 g/mol. The van der Waals surface area contributed by atoms with Crippen molar-refractivity contribution < 1.29 is 9.47 Å². The van der Waals surface area contributed by atoms with E-state index in [4.69, 9.17) is 9.47 Å². The lowest BCUT2D eigenvalue weighted by Crippen LogP contribution is -2.44. The van der Waals surface area contributed by atoms with Gasteiger partial charge in [-0.3, -0.25) is 0 Å². The van der Waals surface area contributed by atoms with Crippen molar-refractivity contribution in [2.45, 2.75) is 56.7 Å². The molecule has 3 heteroatoms. The molecule has 0 atom stereocenters. The Balaban J connectivity index is 1.87. The predicted molar refractivity (Wildman–Crippen MR) is 69.6 cm³/mol. The summed E-state index contributed by atoms with van der Waals surface area (Å²) in [5.41, 5.74) is 0.140. The van der Waals surface area contributed by atoms with Gasteiger partial charge in [0.25, 0.3) is 0 Å². The molecule has 2 nitrogen and oxygen atoms in total. The lowest BCUT2D eigenvalue weighted by molar-refractivity contribution is -0.135. The highest BCUT2D eigenvalue weighted by atomic mass is 127. The van der Waals surface area contributed by atoms with Crippen LogP contribution in [0.4, 0.5) is 0 Å². The van der Waals surface area contributed by atoms with Crippen LogP contribution in [0.25, 0.3) is 0 Å². The van der Waals surface area contributed by atoms with Crippen molar-refractivity contribution in [2.75, 3.05) is 17.6 Å². The molecule has 0 spiro atoms. The van der Waals surface area contributed by atoms with Gasteiger partial charge in [0.15, 0.2) is 0 Å². The standard InChI is InChI=1S/C12H21IO2/c13-10-12(6-8-14-9-7-12)15-11-4-2-1-3-5-11/h11H,1-10H2. The molecule has 88 valence electrons. The Morgan fingerprint density at radius 3 is 2.40 bits per heavy atom. The van der Waals surface area contributed by atoms with Crippen LogP contribution in [0.15, 0.2) is 0 Å². The second-order valence-corrected chi connectivity index (χ2v) is 5.57. The number of ether oxygens (including phenoxy) is 2. The number of rotatable bonds is 3. The topological polar surface area (TPSA) is 18.5 Å². The first-order chi connectivity index (χ1) is 7.35. The predicted octanol–water partition coefficient (Wildman–Crippen LogP) is 3.32. The summed E-state index contributed by atoms with van der Waals surface area (Å²) in [7, 11) is 0. The molecule has 15 heavy (non-hydrogen) atoms. The molecule has 0 aromatic rings. The average Bonchev–Trinajstić information content (AvgIpc) is 2.32. The maximum absolute atomic E-state index is 6.38. The van der Waals surface area contributed by atoms with Gasteiger partial charge in [-0.2, -0.15) is 0 Å². The normalized spacial score (nSPS) is 27.8. The number of hydrogen-bond acceptors (Lipinski definition) is 2. The van der Waals surface area contributed by atoms with E-state index in [1.54, 1.807) is 0 Å². The molecule has 0 aromatic carbocycles. The van der Waals surface area contributed by atoms with Gasteiger partial charge in [-0.05, 0) is 12.8 Å². The maximum atomic E-state index is 6.38.